The van der Waals surface area contributed by atoms with Gasteiger partial charge in [0.15, 0.2) is 0 Å². The standard InChI is InChI=1S/C31H23N2O.C25H30NSi.Ir/c1-19-14-29(32-18-28(19)22-8-5-4-6-9-22)27-11-7-10-26-25-13-12-23(17-30(25)34-31(26)27)24-15-20(2)33-21(3)16-24;1-18(2)14-22-16-24(26-17-25(22)27(4,5)6)21-12-13-23(19(3)15-21)20-10-8-7-9-11-20;/h4-10,12-18H,1-3H3;7-11,13,15-18H,14H2,1-6H3;/q2*-1;. The van der Waals surface area contributed by atoms with Gasteiger partial charge in [0.25, 0.3) is 0 Å². The Labute approximate surface area is 381 Å². The van der Waals surface area contributed by atoms with Crippen LogP contribution in [0.5, 0.6) is 0 Å². The van der Waals surface area contributed by atoms with Crippen LogP contribution in [0.1, 0.15) is 41.9 Å². The van der Waals surface area contributed by atoms with E-state index in [1.165, 1.54) is 38.6 Å². The first-order valence-electron chi connectivity index (χ1n) is 21.2. The van der Waals surface area contributed by atoms with E-state index in [1.54, 1.807) is 0 Å². The number of benzene rings is 5. The number of rotatable bonds is 8. The summed E-state index contributed by atoms with van der Waals surface area (Å²) in [7, 11) is -1.41. The second kappa shape index (κ2) is 18.7. The van der Waals surface area contributed by atoms with E-state index >= 15 is 0 Å². The van der Waals surface area contributed by atoms with Gasteiger partial charge in [-0.3, -0.25) is 4.98 Å². The summed E-state index contributed by atoms with van der Waals surface area (Å²) in [5.74, 6) is 0.640. The van der Waals surface area contributed by atoms with Gasteiger partial charge in [-0.15, -0.1) is 47.5 Å². The van der Waals surface area contributed by atoms with E-state index in [1.807, 2.05) is 32.2 Å². The molecule has 0 aliphatic rings. The summed E-state index contributed by atoms with van der Waals surface area (Å²) < 4.78 is 6.43. The zero-order valence-corrected chi connectivity index (χ0v) is 40.5. The number of pyridine rings is 3. The Morgan fingerprint density at radius 1 is 0.613 bits per heavy atom. The molecule has 0 fully saturated rings. The maximum atomic E-state index is 6.43. The Hall–Kier alpha value is -5.78. The molecule has 9 aromatic rings. The first kappa shape index (κ1) is 44.3. The van der Waals surface area contributed by atoms with Crippen molar-refractivity contribution >= 4 is 35.2 Å². The van der Waals surface area contributed by atoms with Gasteiger partial charge in [-0.2, -0.15) is 0 Å². The van der Waals surface area contributed by atoms with Crippen LogP contribution in [0.3, 0.4) is 0 Å². The van der Waals surface area contributed by atoms with Crippen molar-refractivity contribution in [2.45, 2.75) is 67.6 Å². The molecule has 6 heteroatoms. The molecular formula is C56H53IrN3OSi-2. The normalized spacial score (nSPS) is 11.4. The molecule has 4 aromatic heterocycles. The molecule has 4 heterocycles. The van der Waals surface area contributed by atoms with Gasteiger partial charge in [0.1, 0.15) is 5.58 Å². The van der Waals surface area contributed by atoms with E-state index in [2.05, 4.69) is 186 Å². The first-order valence-corrected chi connectivity index (χ1v) is 24.7. The summed E-state index contributed by atoms with van der Waals surface area (Å²) >= 11 is 0. The fraction of sp³-hybridized carbons (Fsp3) is 0.196. The molecule has 0 saturated carbocycles. The van der Waals surface area contributed by atoms with E-state index in [9.17, 15) is 0 Å². The van der Waals surface area contributed by atoms with Gasteiger partial charge in [0, 0.05) is 54.8 Å². The molecule has 0 amide bonds. The molecule has 0 aliphatic carbocycles. The average Bonchev–Trinajstić information content (AvgIpc) is 3.62. The van der Waals surface area contributed by atoms with E-state index in [-0.39, 0.29) is 20.1 Å². The predicted molar refractivity (Wildman–Crippen MR) is 259 cm³/mol. The Morgan fingerprint density at radius 3 is 1.89 bits per heavy atom. The number of nitrogens with zero attached hydrogens (tertiary/aromatic N) is 3. The van der Waals surface area contributed by atoms with Crippen LogP contribution >= 0.6 is 0 Å². The van der Waals surface area contributed by atoms with E-state index < -0.39 is 8.07 Å². The summed E-state index contributed by atoms with van der Waals surface area (Å²) in [6.45, 7) is 20.1. The molecule has 0 spiro atoms. The van der Waals surface area contributed by atoms with Crippen LogP contribution in [0.2, 0.25) is 19.6 Å². The molecule has 1 radical (unpaired) electrons. The fourth-order valence-corrected chi connectivity index (χ4v) is 9.92. The van der Waals surface area contributed by atoms with E-state index in [0.717, 1.165) is 79.0 Å². The van der Waals surface area contributed by atoms with Crippen LogP contribution < -0.4 is 5.19 Å². The number of hydrogen-bond donors (Lipinski definition) is 0. The first-order chi connectivity index (χ1) is 29.3. The second-order valence-electron chi connectivity index (χ2n) is 17.7. The van der Waals surface area contributed by atoms with E-state index in [4.69, 9.17) is 14.4 Å². The molecule has 0 N–H and O–H groups in total. The molecule has 0 atom stereocenters. The van der Waals surface area contributed by atoms with Gasteiger partial charge < -0.3 is 14.4 Å². The number of hydrogen-bond acceptors (Lipinski definition) is 4. The SMILES string of the molecule is Cc1cc(-c2cc(CC(C)C)c([Si](C)(C)C)cn2)[c-]cc1-c1ccccc1.Cc1cc(-c2ccc3c(c2)oc2c(-c4cc(C)c(-c5ccccc5)cn4)[c-]ccc23)cc(C)n1.[Ir]. The van der Waals surface area contributed by atoms with Gasteiger partial charge in [-0.1, -0.05) is 153 Å². The predicted octanol–water partition coefficient (Wildman–Crippen LogP) is 14.4. The Kier molecular flexibility index (Phi) is 13.3. The summed E-state index contributed by atoms with van der Waals surface area (Å²) in [5.41, 5.74) is 18.5. The van der Waals surface area contributed by atoms with Crippen molar-refractivity contribution in [1.82, 2.24) is 15.0 Å². The third-order valence-electron chi connectivity index (χ3n) is 11.2. The minimum Gasteiger partial charge on any atom is -0.501 e. The molecule has 313 valence electrons. The maximum Gasteiger partial charge on any atom is 0.121 e. The minimum atomic E-state index is -1.41. The Balaban J connectivity index is 0.000000189. The zero-order chi connectivity index (χ0) is 42.8. The minimum absolute atomic E-state index is 0. The fourth-order valence-electron chi connectivity index (χ4n) is 8.33. The van der Waals surface area contributed by atoms with Gasteiger partial charge in [0.05, 0.1) is 13.7 Å². The van der Waals surface area contributed by atoms with Crippen LogP contribution in [-0.2, 0) is 26.5 Å². The summed E-state index contributed by atoms with van der Waals surface area (Å²) in [4.78, 5) is 14.1. The van der Waals surface area contributed by atoms with Crippen LogP contribution in [0, 0.1) is 45.7 Å². The smallest absolute Gasteiger partial charge is 0.121 e. The Morgan fingerprint density at radius 2 is 1.26 bits per heavy atom. The Bertz CT molecular complexity index is 2980. The molecule has 0 aliphatic heterocycles. The molecule has 5 aromatic carbocycles. The average molecular weight is 1000 g/mol. The van der Waals surface area contributed by atoms with Crippen LogP contribution in [0.15, 0.2) is 144 Å². The van der Waals surface area contributed by atoms with Crippen molar-refractivity contribution in [3.8, 4) is 55.9 Å². The number of fused-ring (bicyclic) bond motifs is 3. The van der Waals surface area contributed by atoms with Gasteiger partial charge in [-0.25, -0.2) is 0 Å². The van der Waals surface area contributed by atoms with Gasteiger partial charge in [-0.05, 0) is 90.1 Å². The summed E-state index contributed by atoms with van der Waals surface area (Å²) in [6, 6.07) is 51.1. The molecular weight excluding hydrogens is 951 g/mol. The zero-order valence-electron chi connectivity index (χ0n) is 37.1. The maximum absolute atomic E-state index is 6.43. The van der Waals surface area contributed by atoms with Crippen LogP contribution in [0.25, 0.3) is 77.8 Å². The second-order valence-corrected chi connectivity index (χ2v) is 22.7. The van der Waals surface area contributed by atoms with Crippen LogP contribution in [0.4, 0.5) is 0 Å². The van der Waals surface area contributed by atoms with Crippen molar-refractivity contribution in [2.24, 2.45) is 5.92 Å². The molecule has 0 unspecified atom stereocenters. The van der Waals surface area contributed by atoms with Crippen molar-refractivity contribution < 1.29 is 24.5 Å². The molecule has 0 saturated heterocycles. The molecule has 0 bridgehead atoms. The van der Waals surface area contributed by atoms with Crippen molar-refractivity contribution in [3.63, 3.8) is 0 Å². The van der Waals surface area contributed by atoms with Crippen molar-refractivity contribution in [1.29, 1.82) is 0 Å². The quantitative estimate of drug-likeness (QED) is 0.112. The number of aromatic nitrogens is 3. The largest absolute Gasteiger partial charge is 0.501 e. The molecule has 9 rings (SSSR count). The summed E-state index contributed by atoms with van der Waals surface area (Å²) in [6.07, 6.45) is 5.19. The van der Waals surface area contributed by atoms with Gasteiger partial charge in [0.2, 0.25) is 0 Å². The third kappa shape index (κ3) is 9.64. The molecule has 4 nitrogen and oxygen atoms in total. The van der Waals surface area contributed by atoms with Gasteiger partial charge >= 0.3 is 0 Å². The van der Waals surface area contributed by atoms with E-state index in [0.29, 0.717) is 5.92 Å². The third-order valence-corrected chi connectivity index (χ3v) is 13.3. The van der Waals surface area contributed by atoms with Crippen LogP contribution in [-0.4, -0.2) is 23.0 Å². The van der Waals surface area contributed by atoms with Crippen molar-refractivity contribution in [2.75, 3.05) is 0 Å². The topological polar surface area (TPSA) is 51.8 Å². The monoisotopic (exact) mass is 1000 g/mol. The molecule has 62 heavy (non-hydrogen) atoms. The summed E-state index contributed by atoms with van der Waals surface area (Å²) in [5, 5.41) is 3.65. The number of furan rings is 1. The number of aryl methyl sites for hydroxylation is 4. The van der Waals surface area contributed by atoms with Crippen molar-refractivity contribution in [3.05, 3.63) is 180 Å².